The lowest BCUT2D eigenvalue weighted by Gasteiger charge is -2.29. The van der Waals surface area contributed by atoms with Crippen LogP contribution >= 0.6 is 12.2 Å². The Hall–Kier alpha value is -1.04. The molecule has 1 fully saturated rings. The Morgan fingerprint density at radius 1 is 1.40 bits per heavy atom. The van der Waals surface area contributed by atoms with Crippen LogP contribution in [0.3, 0.4) is 0 Å². The van der Waals surface area contributed by atoms with E-state index in [1.165, 1.54) is 0 Å². The van der Waals surface area contributed by atoms with Gasteiger partial charge >= 0.3 is 0 Å². The predicted octanol–water partition coefficient (Wildman–Crippen LogP) is 2.03. The number of rotatable bonds is 5. The summed E-state index contributed by atoms with van der Waals surface area (Å²) in [5, 5.41) is 3.39. The zero-order valence-corrected chi connectivity index (χ0v) is 13.0. The Kier molecular flexibility index (Phi) is 5.88. The molecular weight excluding hydrogens is 270 g/mol. The maximum Gasteiger partial charge on any atom is 0.0857 e. The fourth-order valence-electron chi connectivity index (χ4n) is 2.40. The SMILES string of the molecule is CC(C)C(C(=S)NCN1CCOCC1)c1ccccn1. The van der Waals surface area contributed by atoms with E-state index in [1.807, 2.05) is 24.4 Å². The van der Waals surface area contributed by atoms with Crippen LogP contribution in [0.15, 0.2) is 24.4 Å². The van der Waals surface area contributed by atoms with E-state index < -0.39 is 0 Å². The van der Waals surface area contributed by atoms with Crippen molar-refractivity contribution in [2.24, 2.45) is 5.92 Å². The van der Waals surface area contributed by atoms with E-state index in [0.29, 0.717) is 5.92 Å². The number of hydrogen-bond acceptors (Lipinski definition) is 4. The molecule has 1 N–H and O–H groups in total. The molecule has 0 spiro atoms. The molecule has 1 unspecified atom stereocenters. The average Bonchev–Trinajstić information content (AvgIpc) is 2.47. The Balaban J connectivity index is 1.93. The minimum Gasteiger partial charge on any atom is -0.379 e. The number of nitrogens with zero attached hydrogens (tertiary/aromatic N) is 2. The first kappa shape index (κ1) is 15.4. The van der Waals surface area contributed by atoms with Gasteiger partial charge in [-0.05, 0) is 18.1 Å². The number of ether oxygens (including phenoxy) is 1. The molecular formula is C15H23N3OS. The molecule has 2 heterocycles. The standard InChI is InChI=1S/C15H23N3OS/c1-12(2)14(13-5-3-4-6-16-13)15(20)17-11-18-7-9-19-10-8-18/h3-6,12,14H,7-11H2,1-2H3,(H,17,20). The summed E-state index contributed by atoms with van der Waals surface area (Å²) in [6.45, 7) is 8.70. The smallest absolute Gasteiger partial charge is 0.0857 e. The second kappa shape index (κ2) is 7.67. The van der Waals surface area contributed by atoms with E-state index in [-0.39, 0.29) is 5.92 Å². The minimum absolute atomic E-state index is 0.173. The second-order valence-electron chi connectivity index (χ2n) is 5.41. The first-order valence-corrected chi connectivity index (χ1v) is 7.58. The molecule has 1 aliphatic heterocycles. The maximum absolute atomic E-state index is 5.59. The van der Waals surface area contributed by atoms with Crippen LogP contribution in [0, 0.1) is 5.92 Å². The van der Waals surface area contributed by atoms with Crippen LogP contribution in [-0.4, -0.2) is 47.8 Å². The van der Waals surface area contributed by atoms with Crippen molar-refractivity contribution in [3.8, 4) is 0 Å². The van der Waals surface area contributed by atoms with Crippen molar-refractivity contribution in [3.63, 3.8) is 0 Å². The van der Waals surface area contributed by atoms with Gasteiger partial charge in [0.05, 0.1) is 36.5 Å². The molecule has 1 saturated heterocycles. The second-order valence-corrected chi connectivity index (χ2v) is 5.85. The van der Waals surface area contributed by atoms with Gasteiger partial charge in [-0.3, -0.25) is 9.88 Å². The monoisotopic (exact) mass is 293 g/mol. The number of thiocarbonyl (C=S) groups is 1. The molecule has 4 nitrogen and oxygen atoms in total. The van der Waals surface area contributed by atoms with E-state index in [1.54, 1.807) is 0 Å². The van der Waals surface area contributed by atoms with Crippen molar-refractivity contribution in [1.29, 1.82) is 0 Å². The first-order valence-electron chi connectivity index (χ1n) is 7.17. The van der Waals surface area contributed by atoms with E-state index in [0.717, 1.165) is 43.7 Å². The van der Waals surface area contributed by atoms with E-state index in [2.05, 4.69) is 29.0 Å². The molecule has 0 aromatic carbocycles. The van der Waals surface area contributed by atoms with Crippen molar-refractivity contribution < 1.29 is 4.74 Å². The van der Waals surface area contributed by atoms with Crippen LogP contribution in [0.4, 0.5) is 0 Å². The summed E-state index contributed by atoms with van der Waals surface area (Å²) in [7, 11) is 0. The third-order valence-corrected chi connectivity index (χ3v) is 3.93. The molecule has 5 heteroatoms. The molecule has 0 saturated carbocycles. The lowest BCUT2D eigenvalue weighted by Crippen LogP contribution is -2.45. The number of pyridine rings is 1. The third kappa shape index (κ3) is 4.23. The van der Waals surface area contributed by atoms with Crippen molar-refractivity contribution in [3.05, 3.63) is 30.1 Å². The summed E-state index contributed by atoms with van der Waals surface area (Å²) in [6, 6.07) is 6.00. The molecule has 0 radical (unpaired) electrons. The Labute approximate surface area is 126 Å². The summed E-state index contributed by atoms with van der Waals surface area (Å²) in [6.07, 6.45) is 1.83. The Morgan fingerprint density at radius 2 is 2.15 bits per heavy atom. The summed E-state index contributed by atoms with van der Waals surface area (Å²) in [5.41, 5.74) is 1.04. The van der Waals surface area contributed by atoms with Gasteiger partial charge in [0, 0.05) is 19.3 Å². The van der Waals surface area contributed by atoms with Crippen LogP contribution < -0.4 is 5.32 Å². The lowest BCUT2D eigenvalue weighted by molar-refractivity contribution is 0.0366. The maximum atomic E-state index is 5.59. The zero-order valence-electron chi connectivity index (χ0n) is 12.2. The molecule has 2 rings (SSSR count). The van der Waals surface area contributed by atoms with Gasteiger partial charge in [-0.25, -0.2) is 0 Å². The molecule has 0 amide bonds. The molecule has 1 aromatic heterocycles. The van der Waals surface area contributed by atoms with Crippen LogP contribution in [0.25, 0.3) is 0 Å². The lowest BCUT2D eigenvalue weighted by atomic mass is 9.92. The number of aromatic nitrogens is 1. The van der Waals surface area contributed by atoms with Gasteiger partial charge in [0.2, 0.25) is 0 Å². The summed E-state index contributed by atoms with van der Waals surface area (Å²) >= 11 is 5.59. The minimum atomic E-state index is 0.173. The molecule has 0 bridgehead atoms. The van der Waals surface area contributed by atoms with E-state index in [4.69, 9.17) is 17.0 Å². The highest BCUT2D eigenvalue weighted by molar-refractivity contribution is 7.80. The summed E-state index contributed by atoms with van der Waals surface area (Å²) in [5.74, 6) is 0.599. The van der Waals surface area contributed by atoms with Crippen LogP contribution in [0.5, 0.6) is 0 Å². The number of hydrogen-bond donors (Lipinski definition) is 1. The normalized spacial score (nSPS) is 17.9. The topological polar surface area (TPSA) is 37.4 Å². The highest BCUT2D eigenvalue weighted by Crippen LogP contribution is 2.23. The van der Waals surface area contributed by atoms with Crippen molar-refractivity contribution in [1.82, 2.24) is 15.2 Å². The summed E-state index contributed by atoms with van der Waals surface area (Å²) < 4.78 is 5.35. The van der Waals surface area contributed by atoms with Gasteiger partial charge in [-0.2, -0.15) is 0 Å². The van der Waals surface area contributed by atoms with Crippen molar-refractivity contribution in [2.75, 3.05) is 33.0 Å². The van der Waals surface area contributed by atoms with Gasteiger partial charge in [0.1, 0.15) is 0 Å². The molecule has 1 atom stereocenters. The fraction of sp³-hybridized carbons (Fsp3) is 0.600. The molecule has 20 heavy (non-hydrogen) atoms. The van der Waals surface area contributed by atoms with Gasteiger partial charge in [0.15, 0.2) is 0 Å². The zero-order chi connectivity index (χ0) is 14.4. The first-order chi connectivity index (χ1) is 9.68. The van der Waals surface area contributed by atoms with Crippen LogP contribution in [-0.2, 0) is 4.74 Å². The molecule has 1 aliphatic rings. The number of nitrogens with one attached hydrogen (secondary N) is 1. The highest BCUT2D eigenvalue weighted by Gasteiger charge is 2.22. The quantitative estimate of drug-likeness (QED) is 0.841. The summed E-state index contributed by atoms with van der Waals surface area (Å²) in [4.78, 5) is 7.66. The highest BCUT2D eigenvalue weighted by atomic mass is 32.1. The van der Waals surface area contributed by atoms with Crippen LogP contribution in [0.1, 0.15) is 25.5 Å². The number of morpholine rings is 1. The fourth-order valence-corrected chi connectivity index (χ4v) is 2.85. The van der Waals surface area contributed by atoms with Gasteiger partial charge in [0.25, 0.3) is 0 Å². The van der Waals surface area contributed by atoms with Gasteiger partial charge in [-0.15, -0.1) is 0 Å². The van der Waals surface area contributed by atoms with E-state index in [9.17, 15) is 0 Å². The predicted molar refractivity (Wildman–Crippen MR) is 84.8 cm³/mol. The Bertz CT molecular complexity index is 418. The van der Waals surface area contributed by atoms with Crippen LogP contribution in [0.2, 0.25) is 0 Å². The molecule has 0 aliphatic carbocycles. The molecule has 1 aromatic rings. The van der Waals surface area contributed by atoms with Gasteiger partial charge in [-0.1, -0.05) is 32.1 Å². The third-order valence-electron chi connectivity index (χ3n) is 3.54. The van der Waals surface area contributed by atoms with Gasteiger partial charge < -0.3 is 10.1 Å². The van der Waals surface area contributed by atoms with E-state index >= 15 is 0 Å². The average molecular weight is 293 g/mol. The Morgan fingerprint density at radius 3 is 2.75 bits per heavy atom. The largest absolute Gasteiger partial charge is 0.379 e. The van der Waals surface area contributed by atoms with Crippen molar-refractivity contribution >= 4 is 17.2 Å². The molecule has 110 valence electrons. The van der Waals surface area contributed by atoms with Crippen molar-refractivity contribution in [2.45, 2.75) is 19.8 Å².